The molecule has 1 amide bonds. The van der Waals surface area contributed by atoms with E-state index in [1.165, 1.54) is 0 Å². The molecule has 0 heterocycles. The van der Waals surface area contributed by atoms with Gasteiger partial charge in [-0.2, -0.15) is 0 Å². The highest BCUT2D eigenvalue weighted by molar-refractivity contribution is 5.68. The van der Waals surface area contributed by atoms with Gasteiger partial charge in [-0.1, -0.05) is 13.8 Å². The van der Waals surface area contributed by atoms with Crippen LogP contribution >= 0.6 is 0 Å². The van der Waals surface area contributed by atoms with Crippen LogP contribution in [0.4, 0.5) is 4.79 Å². The Balaban J connectivity index is 2.68. The van der Waals surface area contributed by atoms with Crippen molar-refractivity contribution in [3.8, 4) is 0 Å². The Labute approximate surface area is 117 Å². The molecule has 19 heavy (non-hydrogen) atoms. The summed E-state index contributed by atoms with van der Waals surface area (Å²) >= 11 is 0. The van der Waals surface area contributed by atoms with Crippen LogP contribution in [0.3, 0.4) is 0 Å². The second-order valence-corrected chi connectivity index (χ2v) is 6.99. The van der Waals surface area contributed by atoms with Gasteiger partial charge in [-0.15, -0.1) is 0 Å². The second kappa shape index (κ2) is 6.60. The standard InChI is InChI=1S/C15H29NO3/c1-11(2)10-16(14(18)19-15(3,4)5)12-6-8-13(17)9-7-12/h11-13,17H,6-10H2,1-5H3. The van der Waals surface area contributed by atoms with E-state index in [1.54, 1.807) is 0 Å². The molecule has 0 bridgehead atoms. The molecular weight excluding hydrogens is 242 g/mol. The number of carbonyl (C=O) groups excluding carboxylic acids is 1. The van der Waals surface area contributed by atoms with E-state index in [-0.39, 0.29) is 18.2 Å². The third kappa shape index (κ3) is 5.81. The molecule has 112 valence electrons. The summed E-state index contributed by atoms with van der Waals surface area (Å²) in [5.74, 6) is 0.416. The maximum absolute atomic E-state index is 12.3. The lowest BCUT2D eigenvalue weighted by atomic mass is 9.91. The van der Waals surface area contributed by atoms with Crippen LogP contribution in [0.5, 0.6) is 0 Å². The fraction of sp³-hybridized carbons (Fsp3) is 0.933. The summed E-state index contributed by atoms with van der Waals surface area (Å²) in [6, 6.07) is 0.209. The molecule has 0 aromatic rings. The van der Waals surface area contributed by atoms with Crippen LogP contribution in [-0.4, -0.2) is 40.4 Å². The number of hydrogen-bond acceptors (Lipinski definition) is 3. The smallest absolute Gasteiger partial charge is 0.410 e. The molecule has 0 atom stereocenters. The van der Waals surface area contributed by atoms with Gasteiger partial charge in [0.05, 0.1) is 6.10 Å². The van der Waals surface area contributed by atoms with Crippen molar-refractivity contribution < 1.29 is 14.6 Å². The summed E-state index contributed by atoms with van der Waals surface area (Å²) in [7, 11) is 0. The normalized spacial score (nSPS) is 24.4. The van der Waals surface area contributed by atoms with E-state index in [9.17, 15) is 9.90 Å². The first-order valence-electron chi connectivity index (χ1n) is 7.36. The summed E-state index contributed by atoms with van der Waals surface area (Å²) in [4.78, 5) is 14.2. The summed E-state index contributed by atoms with van der Waals surface area (Å²) in [5.41, 5.74) is -0.458. The Kier molecular flexibility index (Phi) is 5.65. The van der Waals surface area contributed by atoms with Gasteiger partial charge in [0.25, 0.3) is 0 Å². The minimum Gasteiger partial charge on any atom is -0.444 e. The van der Waals surface area contributed by atoms with E-state index in [0.29, 0.717) is 5.92 Å². The molecule has 4 nitrogen and oxygen atoms in total. The number of ether oxygens (including phenoxy) is 1. The Morgan fingerprint density at radius 2 is 1.79 bits per heavy atom. The molecule has 1 fully saturated rings. The van der Waals surface area contributed by atoms with E-state index < -0.39 is 5.60 Å². The quantitative estimate of drug-likeness (QED) is 0.857. The van der Waals surface area contributed by atoms with Gasteiger partial charge in [0, 0.05) is 12.6 Å². The summed E-state index contributed by atoms with van der Waals surface area (Å²) in [6.07, 6.45) is 2.88. The van der Waals surface area contributed by atoms with Gasteiger partial charge < -0.3 is 14.7 Å². The van der Waals surface area contributed by atoms with Crippen LogP contribution < -0.4 is 0 Å². The van der Waals surface area contributed by atoms with Crippen molar-refractivity contribution in [3.63, 3.8) is 0 Å². The molecular formula is C15H29NO3. The SMILES string of the molecule is CC(C)CN(C(=O)OC(C)(C)C)C1CCC(O)CC1. The van der Waals surface area contributed by atoms with Crippen LogP contribution in [0, 0.1) is 5.92 Å². The van der Waals surface area contributed by atoms with Crippen LogP contribution in [0.1, 0.15) is 60.3 Å². The highest BCUT2D eigenvalue weighted by Gasteiger charge is 2.31. The first kappa shape index (κ1) is 16.3. The molecule has 1 saturated carbocycles. The average Bonchev–Trinajstić information content (AvgIpc) is 2.24. The molecule has 1 N–H and O–H groups in total. The summed E-state index contributed by atoms with van der Waals surface area (Å²) in [6.45, 7) is 10.6. The van der Waals surface area contributed by atoms with E-state index in [0.717, 1.165) is 32.2 Å². The predicted molar refractivity (Wildman–Crippen MR) is 76.0 cm³/mol. The third-order valence-corrected chi connectivity index (χ3v) is 3.30. The number of aliphatic hydroxyl groups is 1. The lowest BCUT2D eigenvalue weighted by molar-refractivity contribution is 0.00216. The number of nitrogens with zero attached hydrogens (tertiary/aromatic N) is 1. The van der Waals surface area contributed by atoms with Crippen LogP contribution in [0.25, 0.3) is 0 Å². The zero-order chi connectivity index (χ0) is 14.6. The molecule has 1 rings (SSSR count). The zero-order valence-electron chi connectivity index (χ0n) is 13.0. The van der Waals surface area contributed by atoms with Crippen molar-refractivity contribution in [1.29, 1.82) is 0 Å². The second-order valence-electron chi connectivity index (χ2n) is 6.99. The van der Waals surface area contributed by atoms with Crippen molar-refractivity contribution in [2.45, 2.75) is 78.0 Å². The van der Waals surface area contributed by atoms with Gasteiger partial charge in [-0.3, -0.25) is 0 Å². The van der Waals surface area contributed by atoms with Gasteiger partial charge in [0.15, 0.2) is 0 Å². The van der Waals surface area contributed by atoms with E-state index >= 15 is 0 Å². The predicted octanol–water partition coefficient (Wildman–Crippen LogP) is 3.18. The van der Waals surface area contributed by atoms with Gasteiger partial charge in [0.1, 0.15) is 5.60 Å². The number of amides is 1. The third-order valence-electron chi connectivity index (χ3n) is 3.30. The summed E-state index contributed by atoms with van der Waals surface area (Å²) in [5, 5.41) is 9.58. The lowest BCUT2D eigenvalue weighted by Crippen LogP contribution is -2.47. The van der Waals surface area contributed by atoms with E-state index in [1.807, 2.05) is 25.7 Å². The van der Waals surface area contributed by atoms with Gasteiger partial charge in [0.2, 0.25) is 0 Å². The molecule has 4 heteroatoms. The highest BCUT2D eigenvalue weighted by atomic mass is 16.6. The minimum atomic E-state index is -0.458. The Hall–Kier alpha value is -0.770. The molecule has 0 aromatic carbocycles. The van der Waals surface area contributed by atoms with Crippen LogP contribution in [0.15, 0.2) is 0 Å². The average molecular weight is 271 g/mol. The first-order chi connectivity index (χ1) is 8.69. The zero-order valence-corrected chi connectivity index (χ0v) is 13.0. The molecule has 0 saturated heterocycles. The van der Waals surface area contributed by atoms with E-state index in [4.69, 9.17) is 4.74 Å². The molecule has 0 spiro atoms. The Morgan fingerprint density at radius 1 is 1.26 bits per heavy atom. The molecule has 1 aliphatic carbocycles. The number of aliphatic hydroxyl groups excluding tert-OH is 1. The van der Waals surface area contributed by atoms with Crippen molar-refractivity contribution in [2.24, 2.45) is 5.92 Å². The number of hydrogen-bond donors (Lipinski definition) is 1. The first-order valence-corrected chi connectivity index (χ1v) is 7.36. The van der Waals surface area contributed by atoms with E-state index in [2.05, 4.69) is 13.8 Å². The maximum Gasteiger partial charge on any atom is 0.410 e. The maximum atomic E-state index is 12.3. The topological polar surface area (TPSA) is 49.8 Å². The fourth-order valence-electron chi connectivity index (χ4n) is 2.46. The fourth-order valence-corrected chi connectivity index (χ4v) is 2.46. The van der Waals surface area contributed by atoms with Crippen LogP contribution in [0.2, 0.25) is 0 Å². The van der Waals surface area contributed by atoms with Gasteiger partial charge in [-0.05, 0) is 52.4 Å². The number of carbonyl (C=O) groups is 1. The Morgan fingerprint density at radius 3 is 2.21 bits per heavy atom. The number of rotatable bonds is 3. The van der Waals surface area contributed by atoms with Crippen molar-refractivity contribution in [3.05, 3.63) is 0 Å². The highest BCUT2D eigenvalue weighted by Crippen LogP contribution is 2.25. The van der Waals surface area contributed by atoms with Crippen molar-refractivity contribution in [1.82, 2.24) is 4.90 Å². The minimum absolute atomic E-state index is 0.198. The molecule has 1 aliphatic rings. The van der Waals surface area contributed by atoms with Crippen molar-refractivity contribution in [2.75, 3.05) is 6.54 Å². The molecule has 0 unspecified atom stereocenters. The monoisotopic (exact) mass is 271 g/mol. The molecule has 0 aliphatic heterocycles. The molecule has 0 aromatic heterocycles. The Bertz CT molecular complexity index is 288. The van der Waals surface area contributed by atoms with Gasteiger partial charge in [-0.25, -0.2) is 4.79 Å². The van der Waals surface area contributed by atoms with Crippen LogP contribution in [-0.2, 0) is 4.74 Å². The van der Waals surface area contributed by atoms with Gasteiger partial charge >= 0.3 is 6.09 Å². The molecule has 0 radical (unpaired) electrons. The van der Waals surface area contributed by atoms with Crippen molar-refractivity contribution >= 4 is 6.09 Å². The summed E-state index contributed by atoms with van der Waals surface area (Å²) < 4.78 is 5.51. The lowest BCUT2D eigenvalue weighted by Gasteiger charge is -2.37. The largest absolute Gasteiger partial charge is 0.444 e.